The zero-order chi connectivity index (χ0) is 17.3. The van der Waals surface area contributed by atoms with E-state index >= 15 is 0 Å². The predicted octanol–water partition coefficient (Wildman–Crippen LogP) is 1.90. The summed E-state index contributed by atoms with van der Waals surface area (Å²) in [5.41, 5.74) is 2.63. The summed E-state index contributed by atoms with van der Waals surface area (Å²) in [6.07, 6.45) is 3.79. The second kappa shape index (κ2) is 6.39. The maximum absolute atomic E-state index is 12.7. The number of ether oxygens (including phenoxy) is 2. The molecule has 1 aromatic heterocycles. The zero-order valence-electron chi connectivity index (χ0n) is 14.0. The van der Waals surface area contributed by atoms with E-state index in [0.29, 0.717) is 36.6 Å². The summed E-state index contributed by atoms with van der Waals surface area (Å²) in [6.45, 7) is 2.70. The number of nitrogens with one attached hydrogen (secondary N) is 1. The Labute approximate surface area is 140 Å². The normalized spacial score (nSPS) is 13.4. The molecule has 0 atom stereocenters. The number of hydrogen-bond donors (Lipinski definition) is 1. The number of amides is 1. The molecule has 0 unspecified atom stereocenters. The van der Waals surface area contributed by atoms with Crippen molar-refractivity contribution in [2.75, 3.05) is 20.8 Å². The average Bonchev–Trinajstić information content (AvgIpc) is 2.61. The number of fused-ring (bicyclic) bond motifs is 1. The number of rotatable bonds is 3. The van der Waals surface area contributed by atoms with Crippen LogP contribution in [0.2, 0.25) is 0 Å². The molecule has 126 valence electrons. The van der Waals surface area contributed by atoms with E-state index in [4.69, 9.17) is 9.47 Å². The molecule has 0 saturated heterocycles. The molecule has 1 N–H and O–H groups in total. The molecule has 6 heteroatoms. The fraction of sp³-hybridized carbons (Fsp3) is 0.333. The maximum atomic E-state index is 12.7. The number of aromatic nitrogens is 1. The van der Waals surface area contributed by atoms with Gasteiger partial charge in [-0.25, -0.2) is 0 Å². The molecule has 6 nitrogen and oxygen atoms in total. The summed E-state index contributed by atoms with van der Waals surface area (Å²) in [5.74, 6) is 1.07. The van der Waals surface area contributed by atoms with E-state index in [1.54, 1.807) is 32.2 Å². The average molecular weight is 328 g/mol. The first kappa shape index (κ1) is 16.1. The van der Waals surface area contributed by atoms with Crippen LogP contribution >= 0.6 is 0 Å². The van der Waals surface area contributed by atoms with Gasteiger partial charge in [-0.1, -0.05) is 0 Å². The van der Waals surface area contributed by atoms with Crippen molar-refractivity contribution >= 4 is 5.91 Å². The number of benzene rings is 1. The van der Waals surface area contributed by atoms with Crippen LogP contribution in [-0.2, 0) is 13.0 Å². The molecule has 0 bridgehead atoms. The molecule has 1 aliphatic rings. The molecule has 1 aromatic carbocycles. The lowest BCUT2D eigenvalue weighted by Crippen LogP contribution is -2.38. The summed E-state index contributed by atoms with van der Waals surface area (Å²) in [5, 5.41) is 0. The Morgan fingerprint density at radius 2 is 1.79 bits per heavy atom. The number of aromatic amines is 1. The molecule has 24 heavy (non-hydrogen) atoms. The zero-order valence-corrected chi connectivity index (χ0v) is 14.0. The van der Waals surface area contributed by atoms with Crippen molar-refractivity contribution < 1.29 is 14.3 Å². The monoisotopic (exact) mass is 328 g/mol. The smallest absolute Gasteiger partial charge is 0.259 e. The van der Waals surface area contributed by atoms with Crippen LogP contribution in [0.1, 0.15) is 27.0 Å². The number of pyridine rings is 1. The molecule has 3 rings (SSSR count). The largest absolute Gasteiger partial charge is 0.493 e. The van der Waals surface area contributed by atoms with Gasteiger partial charge in [0.05, 0.1) is 14.2 Å². The van der Waals surface area contributed by atoms with Crippen LogP contribution in [0, 0.1) is 6.92 Å². The fourth-order valence-corrected chi connectivity index (χ4v) is 2.98. The number of nitrogens with zero attached hydrogens (tertiary/aromatic N) is 1. The van der Waals surface area contributed by atoms with Crippen molar-refractivity contribution in [3.63, 3.8) is 0 Å². The SMILES string of the molecule is COc1cc2c(cc1OC)CN(C(=O)c1c[nH]cc(C)c1=O)CC2. The van der Waals surface area contributed by atoms with Crippen LogP contribution in [0.3, 0.4) is 0 Å². The maximum Gasteiger partial charge on any atom is 0.259 e. The summed E-state index contributed by atoms with van der Waals surface area (Å²) in [7, 11) is 3.19. The highest BCUT2D eigenvalue weighted by Gasteiger charge is 2.25. The molecule has 2 aromatic rings. The standard InChI is InChI=1S/C18H20N2O4/c1-11-8-19-9-14(17(11)21)18(22)20-5-4-12-6-15(23-2)16(24-3)7-13(12)10-20/h6-9H,4-5,10H2,1-3H3,(H,19,21). The van der Waals surface area contributed by atoms with E-state index in [0.717, 1.165) is 11.1 Å². The molecule has 1 amide bonds. The predicted molar refractivity (Wildman–Crippen MR) is 89.8 cm³/mol. The van der Waals surface area contributed by atoms with Crippen molar-refractivity contribution in [1.82, 2.24) is 9.88 Å². The van der Waals surface area contributed by atoms with Gasteiger partial charge in [-0.2, -0.15) is 0 Å². The molecule has 0 fully saturated rings. The highest BCUT2D eigenvalue weighted by molar-refractivity contribution is 5.94. The number of carbonyl (C=O) groups excluding carboxylic acids is 1. The third-order valence-electron chi connectivity index (χ3n) is 4.37. The Morgan fingerprint density at radius 1 is 1.12 bits per heavy atom. The molecular weight excluding hydrogens is 308 g/mol. The van der Waals surface area contributed by atoms with Gasteiger partial charge in [0.15, 0.2) is 16.9 Å². The molecule has 0 spiro atoms. The van der Waals surface area contributed by atoms with Gasteiger partial charge in [-0.3, -0.25) is 9.59 Å². The second-order valence-corrected chi connectivity index (χ2v) is 5.83. The Balaban J connectivity index is 1.91. The first-order valence-electron chi connectivity index (χ1n) is 7.76. The van der Waals surface area contributed by atoms with Gasteiger partial charge < -0.3 is 19.4 Å². The van der Waals surface area contributed by atoms with Crippen molar-refractivity contribution in [2.24, 2.45) is 0 Å². The van der Waals surface area contributed by atoms with Crippen LogP contribution in [0.5, 0.6) is 11.5 Å². The van der Waals surface area contributed by atoms with E-state index in [9.17, 15) is 9.59 Å². The summed E-state index contributed by atoms with van der Waals surface area (Å²) in [4.78, 5) is 29.4. The van der Waals surface area contributed by atoms with Gasteiger partial charge in [0, 0.05) is 31.0 Å². The lowest BCUT2D eigenvalue weighted by Gasteiger charge is -2.29. The Bertz CT molecular complexity index is 841. The van der Waals surface area contributed by atoms with Crippen LogP contribution in [-0.4, -0.2) is 36.6 Å². The van der Waals surface area contributed by atoms with Gasteiger partial charge in [-0.15, -0.1) is 0 Å². The van der Waals surface area contributed by atoms with Crippen molar-refractivity contribution in [3.8, 4) is 11.5 Å². The van der Waals surface area contributed by atoms with Crippen LogP contribution in [0.25, 0.3) is 0 Å². The number of carbonyl (C=O) groups is 1. The molecule has 0 radical (unpaired) electrons. The highest BCUT2D eigenvalue weighted by atomic mass is 16.5. The van der Waals surface area contributed by atoms with Gasteiger partial charge in [0.2, 0.25) is 0 Å². The highest BCUT2D eigenvalue weighted by Crippen LogP contribution is 2.33. The Kier molecular flexibility index (Phi) is 4.29. The molecular formula is C18H20N2O4. The minimum Gasteiger partial charge on any atom is -0.493 e. The first-order chi connectivity index (χ1) is 11.5. The van der Waals surface area contributed by atoms with Gasteiger partial charge in [-0.05, 0) is 36.6 Å². The van der Waals surface area contributed by atoms with E-state index in [2.05, 4.69) is 4.98 Å². The fourth-order valence-electron chi connectivity index (χ4n) is 2.98. The number of H-pyrrole nitrogens is 1. The summed E-state index contributed by atoms with van der Waals surface area (Å²) < 4.78 is 10.7. The quantitative estimate of drug-likeness (QED) is 0.934. The summed E-state index contributed by atoms with van der Waals surface area (Å²) in [6, 6.07) is 3.85. The van der Waals surface area contributed by atoms with Crippen molar-refractivity contribution in [1.29, 1.82) is 0 Å². The van der Waals surface area contributed by atoms with E-state index in [1.165, 1.54) is 6.20 Å². The number of methoxy groups -OCH3 is 2. The first-order valence-corrected chi connectivity index (χ1v) is 7.76. The lowest BCUT2D eigenvalue weighted by molar-refractivity contribution is 0.0732. The second-order valence-electron chi connectivity index (χ2n) is 5.83. The minimum absolute atomic E-state index is 0.180. The van der Waals surface area contributed by atoms with Crippen LogP contribution < -0.4 is 14.9 Å². The number of hydrogen-bond acceptors (Lipinski definition) is 4. The molecule has 0 aliphatic carbocycles. The molecule has 0 saturated carbocycles. The van der Waals surface area contributed by atoms with Crippen molar-refractivity contribution in [2.45, 2.75) is 19.9 Å². The molecule has 2 heterocycles. The van der Waals surface area contributed by atoms with E-state index in [-0.39, 0.29) is 16.9 Å². The van der Waals surface area contributed by atoms with Crippen molar-refractivity contribution in [3.05, 3.63) is 57.0 Å². The van der Waals surface area contributed by atoms with Crippen LogP contribution in [0.15, 0.2) is 29.3 Å². The summed E-state index contributed by atoms with van der Waals surface area (Å²) >= 11 is 0. The van der Waals surface area contributed by atoms with E-state index in [1.807, 2.05) is 12.1 Å². The third-order valence-corrected chi connectivity index (χ3v) is 4.37. The molecule has 1 aliphatic heterocycles. The minimum atomic E-state index is -0.250. The Hall–Kier alpha value is -2.76. The topological polar surface area (TPSA) is 71.6 Å². The van der Waals surface area contributed by atoms with E-state index < -0.39 is 0 Å². The van der Waals surface area contributed by atoms with Gasteiger partial charge in [0.1, 0.15) is 5.56 Å². The van der Waals surface area contributed by atoms with Crippen LogP contribution in [0.4, 0.5) is 0 Å². The number of aryl methyl sites for hydroxylation is 1. The van der Waals surface area contributed by atoms with Gasteiger partial charge in [0.25, 0.3) is 5.91 Å². The third kappa shape index (κ3) is 2.75. The van der Waals surface area contributed by atoms with Gasteiger partial charge >= 0.3 is 0 Å². The lowest BCUT2D eigenvalue weighted by atomic mass is 9.98. The Morgan fingerprint density at radius 3 is 2.46 bits per heavy atom.